The van der Waals surface area contributed by atoms with Gasteiger partial charge in [-0.05, 0) is 61.4 Å². The van der Waals surface area contributed by atoms with Crippen molar-refractivity contribution in [3.8, 4) is 5.75 Å². The number of carboxylic acid groups (broad SMARTS) is 1. The second-order valence-corrected chi connectivity index (χ2v) is 6.22. The molecule has 0 radical (unpaired) electrons. The van der Waals surface area contributed by atoms with Crippen LogP contribution in [0, 0.1) is 6.92 Å². The van der Waals surface area contributed by atoms with Gasteiger partial charge in [0.05, 0.1) is 12.5 Å². The number of rotatable bonds is 6. The molecule has 3 nitrogen and oxygen atoms in total. The van der Waals surface area contributed by atoms with Crippen LogP contribution in [0.4, 0.5) is 0 Å². The lowest BCUT2D eigenvalue weighted by Gasteiger charge is -2.14. The maximum absolute atomic E-state index is 11.5. The summed E-state index contributed by atoms with van der Waals surface area (Å²) in [5.41, 5.74) is 4.75. The van der Waals surface area contributed by atoms with E-state index in [9.17, 15) is 9.90 Å². The zero-order chi connectivity index (χ0) is 16.2. The van der Waals surface area contributed by atoms with Crippen LogP contribution in [-0.2, 0) is 17.6 Å². The lowest BCUT2D eigenvalue weighted by molar-refractivity contribution is -0.139. The van der Waals surface area contributed by atoms with Crippen molar-refractivity contribution < 1.29 is 14.6 Å². The summed E-state index contributed by atoms with van der Waals surface area (Å²) >= 11 is 0. The molecule has 0 amide bonds. The molecular formula is C20H22O3. The molecular weight excluding hydrogens is 288 g/mol. The van der Waals surface area contributed by atoms with Gasteiger partial charge in [-0.2, -0.15) is 0 Å². The van der Waals surface area contributed by atoms with Gasteiger partial charge in [-0.3, -0.25) is 4.79 Å². The first-order valence-corrected chi connectivity index (χ1v) is 8.17. The number of carboxylic acids is 1. The maximum atomic E-state index is 11.5. The summed E-state index contributed by atoms with van der Waals surface area (Å²) in [6.45, 7) is 2.40. The Kier molecular flexibility index (Phi) is 4.65. The van der Waals surface area contributed by atoms with E-state index in [4.69, 9.17) is 4.74 Å². The van der Waals surface area contributed by atoms with Crippen LogP contribution in [0.15, 0.2) is 42.5 Å². The molecule has 1 unspecified atom stereocenters. The summed E-state index contributed by atoms with van der Waals surface area (Å²) in [4.78, 5) is 11.5. The molecule has 1 aliphatic carbocycles. The van der Waals surface area contributed by atoms with Gasteiger partial charge in [-0.1, -0.05) is 35.9 Å². The Labute approximate surface area is 136 Å². The lowest BCUT2D eigenvalue weighted by atomic mass is 9.95. The molecule has 0 heterocycles. The third kappa shape index (κ3) is 3.73. The molecule has 0 saturated carbocycles. The van der Waals surface area contributed by atoms with E-state index < -0.39 is 11.9 Å². The first-order chi connectivity index (χ1) is 11.1. The van der Waals surface area contributed by atoms with Gasteiger partial charge in [0.25, 0.3) is 0 Å². The van der Waals surface area contributed by atoms with Crippen molar-refractivity contribution in [1.82, 2.24) is 0 Å². The van der Waals surface area contributed by atoms with Gasteiger partial charge in [-0.25, -0.2) is 0 Å². The quantitative estimate of drug-likeness (QED) is 0.873. The number of hydrogen-bond acceptors (Lipinski definition) is 2. The molecule has 23 heavy (non-hydrogen) atoms. The number of aliphatic carboxylic acids is 1. The monoisotopic (exact) mass is 310 g/mol. The van der Waals surface area contributed by atoms with Gasteiger partial charge in [0.2, 0.25) is 0 Å². The van der Waals surface area contributed by atoms with Crippen LogP contribution in [0.1, 0.15) is 41.0 Å². The van der Waals surface area contributed by atoms with Gasteiger partial charge in [-0.15, -0.1) is 0 Å². The Balaban J connectivity index is 1.61. The van der Waals surface area contributed by atoms with Crippen LogP contribution in [0.25, 0.3) is 0 Å². The van der Waals surface area contributed by atoms with Crippen LogP contribution < -0.4 is 4.74 Å². The topological polar surface area (TPSA) is 46.5 Å². The van der Waals surface area contributed by atoms with Crippen LogP contribution >= 0.6 is 0 Å². The highest BCUT2D eigenvalue weighted by atomic mass is 16.5. The SMILES string of the molecule is Cc1ccc(C(CCOc2ccc3c(c2)CCC3)C(=O)O)cc1. The smallest absolute Gasteiger partial charge is 0.311 e. The van der Waals surface area contributed by atoms with Gasteiger partial charge in [0.1, 0.15) is 5.75 Å². The number of ether oxygens (including phenoxy) is 1. The molecule has 120 valence electrons. The fourth-order valence-electron chi connectivity index (χ4n) is 3.16. The molecule has 0 spiro atoms. The van der Waals surface area contributed by atoms with Crippen molar-refractivity contribution in [2.45, 2.75) is 38.5 Å². The molecule has 3 rings (SSSR count). The summed E-state index contributed by atoms with van der Waals surface area (Å²) in [5, 5.41) is 9.46. The van der Waals surface area contributed by atoms with Crippen molar-refractivity contribution in [3.63, 3.8) is 0 Å². The minimum Gasteiger partial charge on any atom is -0.494 e. The highest BCUT2D eigenvalue weighted by Crippen LogP contribution is 2.27. The predicted molar refractivity (Wildman–Crippen MR) is 90.1 cm³/mol. The van der Waals surface area contributed by atoms with E-state index in [2.05, 4.69) is 12.1 Å². The second-order valence-electron chi connectivity index (χ2n) is 6.22. The van der Waals surface area contributed by atoms with Gasteiger partial charge in [0.15, 0.2) is 0 Å². The minimum absolute atomic E-state index is 0.406. The largest absolute Gasteiger partial charge is 0.494 e. The second kappa shape index (κ2) is 6.86. The van der Waals surface area contributed by atoms with E-state index in [0.717, 1.165) is 29.7 Å². The fourth-order valence-corrected chi connectivity index (χ4v) is 3.16. The number of benzene rings is 2. The minimum atomic E-state index is -0.800. The van der Waals surface area contributed by atoms with Crippen molar-refractivity contribution in [2.75, 3.05) is 6.61 Å². The molecule has 2 aromatic rings. The summed E-state index contributed by atoms with van der Waals surface area (Å²) in [6.07, 6.45) is 3.96. The molecule has 0 aliphatic heterocycles. The molecule has 0 bridgehead atoms. The van der Waals surface area contributed by atoms with E-state index in [-0.39, 0.29) is 0 Å². The first kappa shape index (κ1) is 15.6. The zero-order valence-corrected chi connectivity index (χ0v) is 13.4. The van der Waals surface area contributed by atoms with Gasteiger partial charge >= 0.3 is 5.97 Å². The van der Waals surface area contributed by atoms with Crippen LogP contribution in [-0.4, -0.2) is 17.7 Å². The van der Waals surface area contributed by atoms with Crippen LogP contribution in [0.5, 0.6) is 5.75 Å². The van der Waals surface area contributed by atoms with Crippen LogP contribution in [0.2, 0.25) is 0 Å². The molecule has 3 heteroatoms. The Bertz CT molecular complexity index is 689. The summed E-state index contributed by atoms with van der Waals surface area (Å²) < 4.78 is 5.79. The average Bonchev–Trinajstić information content (AvgIpc) is 3.00. The molecule has 0 aromatic heterocycles. The Hall–Kier alpha value is -2.29. The Morgan fingerprint density at radius 3 is 2.61 bits per heavy atom. The van der Waals surface area contributed by atoms with Crippen molar-refractivity contribution in [2.24, 2.45) is 0 Å². The first-order valence-electron chi connectivity index (χ1n) is 8.17. The number of hydrogen-bond donors (Lipinski definition) is 1. The van der Waals surface area contributed by atoms with E-state index >= 15 is 0 Å². The summed E-state index contributed by atoms with van der Waals surface area (Å²) in [7, 11) is 0. The lowest BCUT2D eigenvalue weighted by Crippen LogP contribution is -2.15. The van der Waals surface area contributed by atoms with E-state index in [1.54, 1.807) is 0 Å². The average molecular weight is 310 g/mol. The van der Waals surface area contributed by atoms with Gasteiger partial charge in [0, 0.05) is 0 Å². The summed E-state index contributed by atoms with van der Waals surface area (Å²) in [6, 6.07) is 13.9. The zero-order valence-electron chi connectivity index (χ0n) is 13.4. The van der Waals surface area contributed by atoms with Crippen molar-refractivity contribution in [3.05, 3.63) is 64.7 Å². The Morgan fingerprint density at radius 1 is 1.13 bits per heavy atom. The molecule has 2 aromatic carbocycles. The highest BCUT2D eigenvalue weighted by Gasteiger charge is 2.20. The van der Waals surface area contributed by atoms with E-state index in [1.165, 1.54) is 17.5 Å². The number of fused-ring (bicyclic) bond motifs is 1. The number of carbonyl (C=O) groups is 1. The predicted octanol–water partition coefficient (Wildman–Crippen LogP) is 4.12. The summed E-state index contributed by atoms with van der Waals surface area (Å²) in [5.74, 6) is -0.477. The molecule has 1 N–H and O–H groups in total. The molecule has 0 saturated heterocycles. The Morgan fingerprint density at radius 2 is 1.87 bits per heavy atom. The van der Waals surface area contributed by atoms with E-state index in [0.29, 0.717) is 13.0 Å². The fraction of sp³-hybridized carbons (Fsp3) is 0.350. The molecule has 1 aliphatic rings. The molecule has 0 fully saturated rings. The third-order valence-corrected chi connectivity index (χ3v) is 4.52. The third-order valence-electron chi connectivity index (χ3n) is 4.52. The van der Waals surface area contributed by atoms with Crippen molar-refractivity contribution >= 4 is 5.97 Å². The van der Waals surface area contributed by atoms with Crippen LogP contribution in [0.3, 0.4) is 0 Å². The van der Waals surface area contributed by atoms with Gasteiger partial charge < -0.3 is 9.84 Å². The number of aryl methyl sites for hydroxylation is 3. The van der Waals surface area contributed by atoms with Crippen molar-refractivity contribution in [1.29, 1.82) is 0 Å². The highest BCUT2D eigenvalue weighted by molar-refractivity contribution is 5.76. The normalized spacial score (nSPS) is 14.3. The van der Waals surface area contributed by atoms with E-state index in [1.807, 2.05) is 37.3 Å². The standard InChI is InChI=1S/C20H22O3/c1-14-5-7-16(8-6-14)19(20(21)22)11-12-23-18-10-9-15-3-2-4-17(15)13-18/h5-10,13,19H,2-4,11-12H2,1H3,(H,21,22). The molecule has 1 atom stereocenters. The maximum Gasteiger partial charge on any atom is 0.311 e.